The summed E-state index contributed by atoms with van der Waals surface area (Å²) in [5, 5.41) is 15.5. The Balaban J connectivity index is 2.30. The molecule has 18 heavy (non-hydrogen) atoms. The minimum Gasteiger partial charge on any atom is -0.388 e. The Morgan fingerprint density at radius 1 is 1.39 bits per heavy atom. The van der Waals surface area contributed by atoms with Gasteiger partial charge in [-0.15, -0.1) is 11.3 Å². The summed E-state index contributed by atoms with van der Waals surface area (Å²) in [4.78, 5) is 12.6. The molecular formula is C12H19BrN2O2S. The third-order valence-electron chi connectivity index (χ3n) is 2.95. The van der Waals surface area contributed by atoms with Crippen molar-refractivity contribution >= 4 is 33.3 Å². The second-order valence-corrected chi connectivity index (χ2v) is 6.72. The van der Waals surface area contributed by atoms with Gasteiger partial charge in [0.15, 0.2) is 0 Å². The van der Waals surface area contributed by atoms with E-state index in [1.165, 1.54) is 0 Å². The summed E-state index contributed by atoms with van der Waals surface area (Å²) in [6.07, 6.45) is 1.25. The van der Waals surface area contributed by atoms with E-state index in [4.69, 9.17) is 0 Å². The molecule has 1 rings (SSSR count). The molecule has 0 radical (unpaired) electrons. The second-order valence-electron chi connectivity index (χ2n) is 4.17. The molecule has 0 aliphatic carbocycles. The van der Waals surface area contributed by atoms with E-state index in [2.05, 4.69) is 26.6 Å². The van der Waals surface area contributed by atoms with Gasteiger partial charge in [-0.25, -0.2) is 4.79 Å². The first-order chi connectivity index (χ1) is 8.49. The molecule has 0 saturated carbocycles. The molecule has 0 atom stereocenters. The normalized spacial score (nSPS) is 11.3. The summed E-state index contributed by atoms with van der Waals surface area (Å²) < 4.78 is 1.05. The molecule has 1 heterocycles. The summed E-state index contributed by atoms with van der Waals surface area (Å²) in [5.41, 5.74) is -0.802. The molecular weight excluding hydrogens is 316 g/mol. The van der Waals surface area contributed by atoms with Crippen LogP contribution in [0.2, 0.25) is 0 Å². The van der Waals surface area contributed by atoms with Crippen LogP contribution in [-0.4, -0.2) is 23.3 Å². The fourth-order valence-corrected chi connectivity index (χ4v) is 2.84. The highest BCUT2D eigenvalue weighted by Crippen LogP contribution is 2.21. The average Bonchev–Trinajstić information content (AvgIpc) is 2.79. The molecule has 0 aromatic carbocycles. The van der Waals surface area contributed by atoms with Gasteiger partial charge in [0.2, 0.25) is 0 Å². The largest absolute Gasteiger partial charge is 0.388 e. The number of urea groups is 1. The zero-order valence-electron chi connectivity index (χ0n) is 10.6. The first kappa shape index (κ1) is 15.5. The Hall–Kier alpha value is -0.590. The number of nitrogens with one attached hydrogen (secondary N) is 2. The lowest BCUT2D eigenvalue weighted by Crippen LogP contribution is -2.45. The SMILES string of the molecule is CCC(O)(CC)CNC(=O)NCc1ccc(Br)s1. The Kier molecular flexibility index (Phi) is 6.11. The third-order valence-corrected chi connectivity index (χ3v) is 4.57. The van der Waals surface area contributed by atoms with E-state index in [0.717, 1.165) is 8.66 Å². The van der Waals surface area contributed by atoms with Gasteiger partial charge in [0.05, 0.1) is 15.9 Å². The van der Waals surface area contributed by atoms with Crippen LogP contribution in [-0.2, 0) is 6.54 Å². The lowest BCUT2D eigenvalue weighted by atomic mass is 9.98. The molecule has 0 unspecified atom stereocenters. The maximum atomic E-state index is 11.6. The zero-order valence-corrected chi connectivity index (χ0v) is 13.0. The third kappa shape index (κ3) is 4.96. The van der Waals surface area contributed by atoms with Crippen molar-refractivity contribution in [3.8, 4) is 0 Å². The molecule has 0 spiro atoms. The van der Waals surface area contributed by atoms with Crippen molar-refractivity contribution in [2.75, 3.05) is 6.54 Å². The summed E-state index contributed by atoms with van der Waals surface area (Å²) in [5.74, 6) is 0. The molecule has 1 aromatic heterocycles. The lowest BCUT2D eigenvalue weighted by Gasteiger charge is -2.25. The van der Waals surface area contributed by atoms with Crippen molar-refractivity contribution in [2.24, 2.45) is 0 Å². The van der Waals surface area contributed by atoms with Crippen LogP contribution in [0.5, 0.6) is 0 Å². The molecule has 1 aromatic rings. The molecule has 6 heteroatoms. The highest BCUT2D eigenvalue weighted by molar-refractivity contribution is 9.11. The number of carbonyl (C=O) groups is 1. The average molecular weight is 335 g/mol. The molecule has 0 saturated heterocycles. The molecule has 0 fully saturated rings. The monoisotopic (exact) mass is 334 g/mol. The van der Waals surface area contributed by atoms with Gasteiger partial charge in [-0.2, -0.15) is 0 Å². The number of carbonyl (C=O) groups excluding carboxylic acids is 1. The smallest absolute Gasteiger partial charge is 0.315 e. The van der Waals surface area contributed by atoms with E-state index in [1.807, 2.05) is 26.0 Å². The van der Waals surface area contributed by atoms with Gasteiger partial charge in [-0.1, -0.05) is 13.8 Å². The van der Waals surface area contributed by atoms with E-state index >= 15 is 0 Å². The number of halogens is 1. The summed E-state index contributed by atoms with van der Waals surface area (Å²) in [6.45, 7) is 4.59. The van der Waals surface area contributed by atoms with Gasteiger partial charge in [0.25, 0.3) is 0 Å². The van der Waals surface area contributed by atoms with E-state index in [-0.39, 0.29) is 12.6 Å². The van der Waals surface area contributed by atoms with E-state index in [9.17, 15) is 9.90 Å². The predicted octanol–water partition coefficient (Wildman–Crippen LogP) is 2.86. The van der Waals surface area contributed by atoms with Crippen molar-refractivity contribution in [3.05, 3.63) is 20.8 Å². The summed E-state index contributed by atoms with van der Waals surface area (Å²) >= 11 is 4.96. The van der Waals surface area contributed by atoms with E-state index in [0.29, 0.717) is 19.4 Å². The molecule has 3 N–H and O–H groups in total. The number of thiophene rings is 1. The topological polar surface area (TPSA) is 61.4 Å². The Labute approximate surface area is 120 Å². The van der Waals surface area contributed by atoms with E-state index in [1.54, 1.807) is 11.3 Å². The molecule has 0 aliphatic heterocycles. The number of aliphatic hydroxyl groups is 1. The Morgan fingerprint density at radius 2 is 2.06 bits per heavy atom. The molecule has 0 aliphatic rings. The molecule has 4 nitrogen and oxygen atoms in total. The predicted molar refractivity (Wildman–Crippen MR) is 77.8 cm³/mol. The lowest BCUT2D eigenvalue weighted by molar-refractivity contribution is 0.0349. The maximum Gasteiger partial charge on any atom is 0.315 e. The van der Waals surface area contributed by atoms with Crippen LogP contribution in [0.3, 0.4) is 0 Å². The van der Waals surface area contributed by atoms with Crippen LogP contribution in [0, 0.1) is 0 Å². The standard InChI is InChI=1S/C12H19BrN2O2S/c1-3-12(17,4-2)8-15-11(16)14-7-9-5-6-10(13)18-9/h5-6,17H,3-4,7-8H2,1-2H3,(H2,14,15,16). The summed E-state index contributed by atoms with van der Waals surface area (Å²) in [6, 6.07) is 3.66. The van der Waals surface area contributed by atoms with Gasteiger partial charge in [0.1, 0.15) is 0 Å². The van der Waals surface area contributed by atoms with Gasteiger partial charge in [-0.3, -0.25) is 0 Å². The number of rotatable bonds is 6. The molecule has 2 amide bonds. The van der Waals surface area contributed by atoms with Crippen molar-refractivity contribution < 1.29 is 9.90 Å². The number of hydrogen-bond acceptors (Lipinski definition) is 3. The highest BCUT2D eigenvalue weighted by atomic mass is 79.9. The van der Waals surface area contributed by atoms with Crippen LogP contribution in [0.15, 0.2) is 15.9 Å². The van der Waals surface area contributed by atoms with E-state index < -0.39 is 5.60 Å². The molecule has 102 valence electrons. The Bertz CT molecular complexity index is 391. The quantitative estimate of drug-likeness (QED) is 0.749. The van der Waals surface area contributed by atoms with Crippen LogP contribution < -0.4 is 10.6 Å². The fourth-order valence-electron chi connectivity index (χ4n) is 1.42. The number of hydrogen-bond donors (Lipinski definition) is 3. The number of amides is 2. The van der Waals surface area contributed by atoms with Gasteiger partial charge in [-0.05, 0) is 40.9 Å². The first-order valence-electron chi connectivity index (χ1n) is 5.97. The van der Waals surface area contributed by atoms with Crippen molar-refractivity contribution in [1.82, 2.24) is 10.6 Å². The maximum absolute atomic E-state index is 11.6. The van der Waals surface area contributed by atoms with Crippen molar-refractivity contribution in [3.63, 3.8) is 0 Å². The van der Waals surface area contributed by atoms with Crippen molar-refractivity contribution in [1.29, 1.82) is 0 Å². The van der Waals surface area contributed by atoms with Crippen LogP contribution >= 0.6 is 27.3 Å². The highest BCUT2D eigenvalue weighted by Gasteiger charge is 2.22. The van der Waals surface area contributed by atoms with Gasteiger partial charge < -0.3 is 15.7 Å². The second kappa shape index (κ2) is 7.11. The molecule has 0 bridgehead atoms. The first-order valence-corrected chi connectivity index (χ1v) is 7.58. The zero-order chi connectivity index (χ0) is 13.6. The minimum absolute atomic E-state index is 0.250. The van der Waals surface area contributed by atoms with Gasteiger partial charge in [0, 0.05) is 11.4 Å². The van der Waals surface area contributed by atoms with Crippen LogP contribution in [0.25, 0.3) is 0 Å². The van der Waals surface area contributed by atoms with Crippen LogP contribution in [0.4, 0.5) is 4.79 Å². The van der Waals surface area contributed by atoms with Crippen molar-refractivity contribution in [2.45, 2.75) is 38.8 Å². The van der Waals surface area contributed by atoms with Gasteiger partial charge >= 0.3 is 6.03 Å². The van der Waals surface area contributed by atoms with Crippen LogP contribution in [0.1, 0.15) is 31.6 Å². The fraction of sp³-hybridized carbons (Fsp3) is 0.583. The summed E-state index contributed by atoms with van der Waals surface area (Å²) in [7, 11) is 0. The minimum atomic E-state index is -0.802. The Morgan fingerprint density at radius 3 is 2.56 bits per heavy atom.